The van der Waals surface area contributed by atoms with Gasteiger partial charge in [0.25, 0.3) is 5.89 Å². The van der Waals surface area contributed by atoms with Crippen LogP contribution in [0.2, 0.25) is 0 Å². The molecule has 21 heavy (non-hydrogen) atoms. The number of fused-ring (bicyclic) bond motifs is 1. The minimum Gasteiger partial charge on any atom is -0.489 e. The number of nitrogens with zero attached hydrogens (tertiary/aromatic N) is 2. The zero-order chi connectivity index (χ0) is 14.9. The topological polar surface area (TPSA) is 60.2 Å². The van der Waals surface area contributed by atoms with Gasteiger partial charge in [-0.3, -0.25) is 0 Å². The van der Waals surface area contributed by atoms with Gasteiger partial charge in [-0.05, 0) is 12.1 Å². The summed E-state index contributed by atoms with van der Waals surface area (Å²) in [7, 11) is 0. The molecule has 2 aromatic rings. The summed E-state index contributed by atoms with van der Waals surface area (Å²) in [4.78, 5) is 4.01. The molecule has 0 saturated carbocycles. The number of ether oxygens (including phenoxy) is 1. The van der Waals surface area contributed by atoms with E-state index in [1.165, 1.54) is 0 Å². The largest absolute Gasteiger partial charge is 0.489 e. The molecule has 3 rings (SSSR count). The first-order valence-corrected chi connectivity index (χ1v) is 6.42. The van der Waals surface area contributed by atoms with Crippen LogP contribution in [0.1, 0.15) is 12.2 Å². The first-order valence-electron chi connectivity index (χ1n) is 6.42. The minimum atomic E-state index is -4.24. The van der Waals surface area contributed by atoms with E-state index < -0.39 is 12.6 Å². The van der Waals surface area contributed by atoms with Gasteiger partial charge >= 0.3 is 6.18 Å². The molecule has 0 atom stereocenters. The Kier molecular flexibility index (Phi) is 3.44. The van der Waals surface area contributed by atoms with Gasteiger partial charge in [-0.15, -0.1) is 0 Å². The highest BCUT2D eigenvalue weighted by molar-refractivity contribution is 5.74. The first kappa shape index (κ1) is 13.7. The fraction of sp³-hybridized carbons (Fsp3) is 0.385. The highest BCUT2D eigenvalue weighted by Crippen LogP contribution is 2.37. The smallest absolute Gasteiger partial charge is 0.389 e. The Morgan fingerprint density at radius 3 is 2.95 bits per heavy atom. The molecule has 0 unspecified atom stereocenters. The number of rotatable bonds is 3. The van der Waals surface area contributed by atoms with Crippen molar-refractivity contribution in [3.8, 4) is 17.2 Å². The highest BCUT2D eigenvalue weighted by atomic mass is 19.4. The van der Waals surface area contributed by atoms with Crippen molar-refractivity contribution in [2.45, 2.75) is 19.0 Å². The number of aromatic nitrogens is 2. The van der Waals surface area contributed by atoms with Gasteiger partial charge in [0, 0.05) is 13.0 Å². The van der Waals surface area contributed by atoms with E-state index in [-0.39, 0.29) is 18.1 Å². The summed E-state index contributed by atoms with van der Waals surface area (Å²) in [5, 5.41) is 6.74. The number of anilines is 1. The molecule has 0 spiro atoms. The third-order valence-corrected chi connectivity index (χ3v) is 3.01. The Morgan fingerprint density at radius 2 is 2.14 bits per heavy atom. The summed E-state index contributed by atoms with van der Waals surface area (Å²) in [6, 6.07) is 5.36. The van der Waals surface area contributed by atoms with Gasteiger partial charge in [-0.25, -0.2) is 0 Å². The molecule has 0 saturated heterocycles. The second-order valence-corrected chi connectivity index (χ2v) is 4.59. The number of hydrogen-bond donors (Lipinski definition) is 1. The van der Waals surface area contributed by atoms with Crippen LogP contribution >= 0.6 is 0 Å². The molecular formula is C13H12F3N3O2. The summed E-state index contributed by atoms with van der Waals surface area (Å²) < 4.78 is 47.2. The number of halogens is 3. The lowest BCUT2D eigenvalue weighted by Crippen LogP contribution is -2.18. The third-order valence-electron chi connectivity index (χ3n) is 3.01. The molecule has 0 fully saturated rings. The average molecular weight is 299 g/mol. The van der Waals surface area contributed by atoms with Crippen LogP contribution in [0.5, 0.6) is 5.75 Å². The molecule has 1 aliphatic heterocycles. The maximum absolute atomic E-state index is 12.2. The van der Waals surface area contributed by atoms with Gasteiger partial charge in [-0.2, -0.15) is 18.2 Å². The van der Waals surface area contributed by atoms with Gasteiger partial charge in [0.15, 0.2) is 11.6 Å². The van der Waals surface area contributed by atoms with E-state index in [0.717, 1.165) is 5.69 Å². The zero-order valence-electron chi connectivity index (χ0n) is 10.9. The summed E-state index contributed by atoms with van der Waals surface area (Å²) in [5.74, 6) is 0.770. The van der Waals surface area contributed by atoms with E-state index >= 15 is 0 Å². The Labute approximate surface area is 118 Å². The summed E-state index contributed by atoms with van der Waals surface area (Å²) in [5.41, 5.74) is 1.37. The van der Waals surface area contributed by atoms with Crippen LogP contribution in [-0.2, 0) is 6.42 Å². The number of aryl methyl sites for hydroxylation is 1. The molecule has 0 aliphatic carbocycles. The monoisotopic (exact) mass is 299 g/mol. The van der Waals surface area contributed by atoms with Crippen molar-refractivity contribution >= 4 is 5.69 Å². The lowest BCUT2D eigenvalue weighted by Gasteiger charge is -2.20. The maximum atomic E-state index is 12.2. The van der Waals surface area contributed by atoms with Crippen LogP contribution in [0.25, 0.3) is 11.5 Å². The Morgan fingerprint density at radius 1 is 1.29 bits per heavy atom. The SMILES string of the molecule is FC(F)(F)CCc1noc(-c2cccc3c2OCCN3)n1. The number of hydrogen-bond acceptors (Lipinski definition) is 5. The van der Waals surface area contributed by atoms with Crippen molar-refractivity contribution in [2.24, 2.45) is 0 Å². The van der Waals surface area contributed by atoms with Crippen molar-refractivity contribution in [2.75, 3.05) is 18.5 Å². The molecule has 8 heteroatoms. The standard InChI is InChI=1S/C13H12F3N3O2/c14-13(15,16)5-4-10-18-12(21-19-10)8-2-1-3-9-11(8)20-7-6-17-9/h1-3,17H,4-7H2. The number of para-hydroxylation sites is 1. The molecule has 1 N–H and O–H groups in total. The van der Waals surface area contributed by atoms with E-state index in [2.05, 4.69) is 15.5 Å². The summed E-state index contributed by atoms with van der Waals surface area (Å²) in [6.45, 7) is 1.19. The van der Waals surface area contributed by atoms with Crippen LogP contribution in [0.4, 0.5) is 18.9 Å². The minimum absolute atomic E-state index is 0.0312. The van der Waals surface area contributed by atoms with Gasteiger partial charge in [0.1, 0.15) is 6.61 Å². The van der Waals surface area contributed by atoms with Crippen molar-refractivity contribution in [1.82, 2.24) is 10.1 Å². The fourth-order valence-corrected chi connectivity index (χ4v) is 2.06. The van der Waals surface area contributed by atoms with Crippen LogP contribution in [0.3, 0.4) is 0 Å². The van der Waals surface area contributed by atoms with Gasteiger partial charge in [-0.1, -0.05) is 11.2 Å². The van der Waals surface area contributed by atoms with Gasteiger partial charge in [0.2, 0.25) is 0 Å². The number of alkyl halides is 3. The predicted octanol–water partition coefficient (Wildman–Crippen LogP) is 3.04. The predicted molar refractivity (Wildman–Crippen MR) is 68.1 cm³/mol. The lowest BCUT2D eigenvalue weighted by molar-refractivity contribution is -0.134. The molecule has 2 heterocycles. The molecule has 0 amide bonds. The van der Waals surface area contributed by atoms with E-state index in [1.54, 1.807) is 12.1 Å². The molecular weight excluding hydrogens is 287 g/mol. The zero-order valence-corrected chi connectivity index (χ0v) is 10.9. The lowest BCUT2D eigenvalue weighted by atomic mass is 10.1. The quantitative estimate of drug-likeness (QED) is 0.944. The maximum Gasteiger partial charge on any atom is 0.389 e. The van der Waals surface area contributed by atoms with E-state index in [0.29, 0.717) is 24.5 Å². The Hall–Kier alpha value is -2.25. The number of nitrogens with one attached hydrogen (secondary N) is 1. The molecule has 0 bridgehead atoms. The van der Waals surface area contributed by atoms with Crippen LogP contribution in [0.15, 0.2) is 22.7 Å². The van der Waals surface area contributed by atoms with Gasteiger partial charge in [0.05, 0.1) is 17.7 Å². The summed E-state index contributed by atoms with van der Waals surface area (Å²) >= 11 is 0. The molecule has 0 radical (unpaired) electrons. The molecule has 1 aromatic heterocycles. The Balaban J connectivity index is 1.83. The van der Waals surface area contributed by atoms with E-state index in [9.17, 15) is 13.2 Å². The van der Waals surface area contributed by atoms with Crippen LogP contribution < -0.4 is 10.1 Å². The normalized spacial score (nSPS) is 14.2. The van der Waals surface area contributed by atoms with Gasteiger partial charge < -0.3 is 14.6 Å². The molecule has 5 nitrogen and oxygen atoms in total. The van der Waals surface area contributed by atoms with E-state index in [4.69, 9.17) is 9.26 Å². The van der Waals surface area contributed by atoms with Crippen LogP contribution in [0, 0.1) is 0 Å². The summed E-state index contributed by atoms with van der Waals surface area (Å²) in [6.07, 6.45) is -5.52. The third kappa shape index (κ3) is 3.09. The van der Waals surface area contributed by atoms with Crippen molar-refractivity contribution in [3.63, 3.8) is 0 Å². The second-order valence-electron chi connectivity index (χ2n) is 4.59. The fourth-order valence-electron chi connectivity index (χ4n) is 2.06. The van der Waals surface area contributed by atoms with Crippen molar-refractivity contribution in [3.05, 3.63) is 24.0 Å². The Bertz CT molecular complexity index is 640. The molecule has 112 valence electrons. The van der Waals surface area contributed by atoms with Crippen molar-refractivity contribution in [1.29, 1.82) is 0 Å². The highest BCUT2D eigenvalue weighted by Gasteiger charge is 2.28. The second kappa shape index (κ2) is 5.27. The van der Waals surface area contributed by atoms with Crippen LogP contribution in [-0.4, -0.2) is 29.5 Å². The van der Waals surface area contributed by atoms with Crippen molar-refractivity contribution < 1.29 is 22.4 Å². The van der Waals surface area contributed by atoms with E-state index in [1.807, 2.05) is 6.07 Å². The molecule has 1 aromatic carbocycles. The first-order chi connectivity index (χ1) is 10.0. The average Bonchev–Trinajstić information content (AvgIpc) is 2.92. The number of benzene rings is 1. The molecule has 1 aliphatic rings.